The zero-order valence-electron chi connectivity index (χ0n) is 17.3. The van der Waals surface area contributed by atoms with Crippen LogP contribution in [-0.4, -0.2) is 29.9 Å². The number of benzene rings is 2. The molecule has 2 heterocycles. The third kappa shape index (κ3) is 3.99. The third-order valence-corrected chi connectivity index (χ3v) is 6.45. The Balaban J connectivity index is 1.68. The van der Waals surface area contributed by atoms with Crippen LogP contribution in [0.3, 0.4) is 0 Å². The number of nitrogens with zero attached hydrogens (tertiary/aromatic N) is 1. The second-order valence-corrected chi connectivity index (χ2v) is 9.52. The van der Waals surface area contributed by atoms with Gasteiger partial charge in [0.2, 0.25) is 5.91 Å². The van der Waals surface area contributed by atoms with Crippen LogP contribution in [0.5, 0.6) is 5.75 Å². The topological polar surface area (TPSA) is 67.9 Å². The number of ether oxygens (including phenoxy) is 1. The predicted molar refractivity (Wildman–Crippen MR) is 114 cm³/mol. The van der Waals surface area contributed by atoms with Gasteiger partial charge in [0.15, 0.2) is 0 Å². The number of rotatable bonds is 5. The number of nitrogens with one attached hydrogen (secondary N) is 1. The molecule has 2 aliphatic heterocycles. The number of anilines is 2. The van der Waals surface area contributed by atoms with Crippen molar-refractivity contribution < 1.29 is 27.3 Å². The number of halogens is 2. The molecule has 2 amide bonds. The van der Waals surface area contributed by atoms with E-state index in [4.69, 9.17) is 4.18 Å². The average molecular weight is 448 g/mol. The molecule has 9 heteroatoms. The highest BCUT2D eigenvalue weighted by Gasteiger charge is 2.45. The van der Waals surface area contributed by atoms with E-state index < -0.39 is 16.9 Å². The van der Waals surface area contributed by atoms with Gasteiger partial charge in [-0.25, -0.2) is 0 Å². The second kappa shape index (κ2) is 7.80. The highest BCUT2D eigenvalue weighted by molar-refractivity contribution is 7.96. The van der Waals surface area contributed by atoms with Crippen molar-refractivity contribution in [2.24, 2.45) is 0 Å². The summed E-state index contributed by atoms with van der Waals surface area (Å²) in [6.45, 7) is 3.06. The molecule has 0 radical (unpaired) electrons. The van der Waals surface area contributed by atoms with Gasteiger partial charge in [-0.15, -0.1) is 0 Å². The molecule has 2 aromatic carbocycles. The fourth-order valence-corrected chi connectivity index (χ4v) is 4.51. The van der Waals surface area contributed by atoms with Gasteiger partial charge in [-0.1, -0.05) is 6.07 Å². The first-order valence-electron chi connectivity index (χ1n) is 9.78. The lowest BCUT2D eigenvalue weighted by molar-refractivity contribution is -0.121. The normalized spacial score (nSPS) is 22.0. The van der Waals surface area contributed by atoms with Crippen molar-refractivity contribution in [3.8, 4) is 5.75 Å². The van der Waals surface area contributed by atoms with Crippen molar-refractivity contribution in [1.29, 1.82) is 0 Å². The Hall–Kier alpha value is -2.65. The number of fused-ring (bicyclic) bond motifs is 1. The second-order valence-electron chi connectivity index (χ2n) is 8.21. The summed E-state index contributed by atoms with van der Waals surface area (Å²) in [6.07, 6.45) is 0.698. The molecule has 1 atom stereocenters. The van der Waals surface area contributed by atoms with Crippen molar-refractivity contribution in [2.45, 2.75) is 44.1 Å². The smallest absolute Gasteiger partial charge is 0.387 e. The Morgan fingerprint density at radius 2 is 2.00 bits per heavy atom. The van der Waals surface area contributed by atoms with Crippen molar-refractivity contribution in [1.82, 2.24) is 5.32 Å². The van der Waals surface area contributed by atoms with Crippen LogP contribution in [0.25, 0.3) is 0 Å². The van der Waals surface area contributed by atoms with Gasteiger partial charge in [0.25, 0.3) is 5.91 Å². The highest BCUT2D eigenvalue weighted by Crippen LogP contribution is 2.46. The molecule has 0 aromatic heterocycles. The van der Waals surface area contributed by atoms with E-state index in [1.165, 1.54) is 29.1 Å². The molecule has 1 saturated heterocycles. The molecule has 0 saturated carbocycles. The minimum absolute atomic E-state index is 0.0351. The fraction of sp³-hybridized carbons (Fsp3) is 0.364. The lowest BCUT2D eigenvalue weighted by Crippen LogP contribution is -2.41. The Bertz CT molecular complexity index is 1040. The Morgan fingerprint density at radius 3 is 2.68 bits per heavy atom. The van der Waals surface area contributed by atoms with E-state index in [1.807, 2.05) is 6.92 Å². The van der Waals surface area contributed by atoms with Gasteiger partial charge in [-0.2, -0.15) is 8.78 Å². The first-order chi connectivity index (χ1) is 14.6. The lowest BCUT2D eigenvalue weighted by Gasteiger charge is -2.22. The summed E-state index contributed by atoms with van der Waals surface area (Å²) in [7, 11) is 0. The SMILES string of the molecule is CC1(NC(=O)c2ccc3c(c2)C(C)(C)C(=O)N3c2cccc(OC(F)F)c2)CCOS1. The molecule has 1 N–H and O–H groups in total. The Kier molecular flexibility index (Phi) is 5.43. The molecule has 2 aliphatic rings. The number of carbonyl (C=O) groups excluding carboxylic acids is 2. The summed E-state index contributed by atoms with van der Waals surface area (Å²) >= 11 is 1.24. The van der Waals surface area contributed by atoms with E-state index in [0.717, 1.165) is 0 Å². The molecule has 6 nitrogen and oxygen atoms in total. The summed E-state index contributed by atoms with van der Waals surface area (Å²) in [4.78, 5) is 27.0. The van der Waals surface area contributed by atoms with E-state index in [9.17, 15) is 18.4 Å². The van der Waals surface area contributed by atoms with Crippen LogP contribution in [0.15, 0.2) is 42.5 Å². The lowest BCUT2D eigenvalue weighted by atomic mass is 9.85. The molecule has 1 fully saturated rings. The summed E-state index contributed by atoms with van der Waals surface area (Å²) in [5, 5.41) is 2.98. The van der Waals surface area contributed by atoms with Crippen LogP contribution in [0, 0.1) is 0 Å². The molecule has 164 valence electrons. The van der Waals surface area contributed by atoms with Gasteiger partial charge in [0.05, 0.1) is 23.4 Å². The molecule has 1 unspecified atom stereocenters. The molecular formula is C22H22F2N2O4S. The molecule has 2 aromatic rings. The van der Waals surface area contributed by atoms with Crippen LogP contribution in [-0.2, 0) is 14.4 Å². The minimum Gasteiger partial charge on any atom is -0.435 e. The average Bonchev–Trinajstić information content (AvgIpc) is 3.21. The van der Waals surface area contributed by atoms with E-state index in [2.05, 4.69) is 10.1 Å². The fourth-order valence-electron chi connectivity index (χ4n) is 3.78. The number of hydrogen-bond acceptors (Lipinski definition) is 5. The van der Waals surface area contributed by atoms with Crippen molar-refractivity contribution >= 4 is 35.2 Å². The molecule has 0 bridgehead atoms. The first-order valence-corrected chi connectivity index (χ1v) is 10.5. The van der Waals surface area contributed by atoms with E-state index >= 15 is 0 Å². The predicted octanol–water partition coefficient (Wildman–Crippen LogP) is 4.76. The van der Waals surface area contributed by atoms with E-state index in [-0.39, 0.29) is 17.6 Å². The van der Waals surface area contributed by atoms with E-state index in [0.29, 0.717) is 35.5 Å². The van der Waals surface area contributed by atoms with Gasteiger partial charge in [-0.05, 0) is 56.7 Å². The molecule has 4 rings (SSSR count). The maximum Gasteiger partial charge on any atom is 0.387 e. The van der Waals surface area contributed by atoms with Crippen LogP contribution in [0.1, 0.15) is 43.1 Å². The molecule has 0 spiro atoms. The van der Waals surface area contributed by atoms with Crippen LogP contribution in [0.4, 0.5) is 20.2 Å². The van der Waals surface area contributed by atoms with Crippen LogP contribution in [0.2, 0.25) is 0 Å². The zero-order chi connectivity index (χ0) is 22.4. The number of alkyl halides is 2. The summed E-state index contributed by atoms with van der Waals surface area (Å²) < 4.78 is 35.0. The van der Waals surface area contributed by atoms with Crippen molar-refractivity contribution in [3.05, 3.63) is 53.6 Å². The monoisotopic (exact) mass is 448 g/mol. The van der Waals surface area contributed by atoms with Gasteiger partial charge >= 0.3 is 6.61 Å². The maximum absolute atomic E-state index is 13.2. The van der Waals surface area contributed by atoms with Crippen LogP contribution >= 0.6 is 12.0 Å². The Morgan fingerprint density at radius 1 is 1.23 bits per heavy atom. The number of carbonyl (C=O) groups is 2. The third-order valence-electron chi connectivity index (χ3n) is 5.49. The summed E-state index contributed by atoms with van der Waals surface area (Å²) in [6, 6.07) is 11.1. The Labute approximate surface area is 183 Å². The van der Waals surface area contributed by atoms with Gasteiger partial charge in [0.1, 0.15) is 10.6 Å². The number of hydrogen-bond donors (Lipinski definition) is 1. The minimum atomic E-state index is -2.96. The van der Waals surface area contributed by atoms with Crippen molar-refractivity contribution in [3.63, 3.8) is 0 Å². The molecular weight excluding hydrogens is 426 g/mol. The number of amides is 2. The van der Waals surface area contributed by atoms with Crippen molar-refractivity contribution in [2.75, 3.05) is 11.5 Å². The standard InChI is InChI=1S/C22H22F2N2O4S/c1-21(2)16-11-13(18(27)25-22(3)9-10-29-31-22)7-8-17(16)26(19(21)28)14-5-4-6-15(12-14)30-20(23)24/h4-8,11-12,20H,9-10H2,1-3H3,(H,25,27). The molecule has 31 heavy (non-hydrogen) atoms. The van der Waals surface area contributed by atoms with Gasteiger partial charge in [0, 0.05) is 30.1 Å². The summed E-state index contributed by atoms with van der Waals surface area (Å²) in [5.41, 5.74) is 1.24. The summed E-state index contributed by atoms with van der Waals surface area (Å²) in [5.74, 6) is -0.509. The highest BCUT2D eigenvalue weighted by atomic mass is 32.2. The quantitative estimate of drug-likeness (QED) is 0.668. The van der Waals surface area contributed by atoms with E-state index in [1.54, 1.807) is 44.2 Å². The largest absolute Gasteiger partial charge is 0.435 e. The zero-order valence-corrected chi connectivity index (χ0v) is 18.1. The maximum atomic E-state index is 13.2. The van der Waals surface area contributed by atoms with Gasteiger partial charge < -0.3 is 14.2 Å². The molecule has 0 aliphatic carbocycles. The first kappa shape index (κ1) is 21.6. The van der Waals surface area contributed by atoms with Gasteiger partial charge in [-0.3, -0.25) is 14.5 Å². The van der Waals surface area contributed by atoms with Crippen LogP contribution < -0.4 is 15.0 Å².